The highest BCUT2D eigenvalue weighted by molar-refractivity contribution is 7.93. The molecule has 0 spiro atoms. The van der Waals surface area contributed by atoms with Crippen LogP contribution in [0.1, 0.15) is 6.92 Å². The average molecular weight is 538 g/mol. The van der Waals surface area contributed by atoms with E-state index in [0.717, 1.165) is 11.1 Å². The molecule has 0 aliphatic carbocycles. The van der Waals surface area contributed by atoms with E-state index in [4.69, 9.17) is 14.2 Å². The molecule has 0 radical (unpaired) electrons. The number of aliphatic hydroxyl groups excluding tert-OH is 1. The lowest BCUT2D eigenvalue weighted by Gasteiger charge is -2.16. The van der Waals surface area contributed by atoms with Crippen LogP contribution in [0.25, 0.3) is 33.4 Å². The van der Waals surface area contributed by atoms with Crippen LogP contribution in [0.4, 0.5) is 10.1 Å². The smallest absolute Gasteiger partial charge is 0.193 e. The van der Waals surface area contributed by atoms with Gasteiger partial charge in [0.25, 0.3) is 0 Å². The van der Waals surface area contributed by atoms with Crippen LogP contribution in [0.5, 0.6) is 5.88 Å². The number of nitrogens with one attached hydrogen (secondary N) is 1. The second-order valence-electron chi connectivity index (χ2n) is 9.67. The Morgan fingerprint density at radius 2 is 1.71 bits per heavy atom. The van der Waals surface area contributed by atoms with Crippen molar-refractivity contribution in [2.24, 2.45) is 4.36 Å². The van der Waals surface area contributed by atoms with Gasteiger partial charge in [-0.25, -0.2) is 13.6 Å². The lowest BCUT2D eigenvalue weighted by molar-refractivity contribution is 0.00794. The Morgan fingerprint density at radius 3 is 2.42 bits per heavy atom. The molecule has 2 aliphatic heterocycles. The maximum absolute atomic E-state index is 15.0. The Labute approximate surface area is 220 Å². The number of fused-ring (bicyclic) bond motifs is 2. The molecule has 38 heavy (non-hydrogen) atoms. The van der Waals surface area contributed by atoms with Gasteiger partial charge in [0.2, 0.25) is 0 Å². The summed E-state index contributed by atoms with van der Waals surface area (Å²) in [6.07, 6.45) is -0.106. The number of aromatic amines is 1. The lowest BCUT2D eigenvalue weighted by Crippen LogP contribution is -2.34. The number of aliphatic hydroxyl groups is 1. The van der Waals surface area contributed by atoms with Crippen molar-refractivity contribution in [3.8, 4) is 28.3 Å². The van der Waals surface area contributed by atoms with E-state index in [-0.39, 0.29) is 24.5 Å². The Balaban J connectivity index is 1.21. The van der Waals surface area contributed by atoms with Crippen molar-refractivity contribution in [3.05, 3.63) is 66.5 Å². The predicted molar refractivity (Wildman–Crippen MR) is 144 cm³/mol. The third kappa shape index (κ3) is 4.80. The highest BCUT2D eigenvalue weighted by atomic mass is 32.2. The summed E-state index contributed by atoms with van der Waals surface area (Å²) in [5.41, 5.74) is 4.60. The van der Waals surface area contributed by atoms with E-state index < -0.39 is 27.8 Å². The average Bonchev–Trinajstić information content (AvgIpc) is 3.60. The van der Waals surface area contributed by atoms with E-state index in [1.807, 2.05) is 55.5 Å². The molecule has 0 saturated carbocycles. The van der Waals surface area contributed by atoms with Crippen molar-refractivity contribution in [2.45, 2.75) is 31.3 Å². The molecule has 5 atom stereocenters. The first-order chi connectivity index (χ1) is 18.3. The van der Waals surface area contributed by atoms with Crippen molar-refractivity contribution in [3.63, 3.8) is 0 Å². The van der Waals surface area contributed by atoms with Crippen molar-refractivity contribution in [2.75, 3.05) is 25.2 Å². The molecule has 0 amide bonds. The number of ether oxygens (including phenoxy) is 3. The van der Waals surface area contributed by atoms with Gasteiger partial charge in [0.05, 0.1) is 29.9 Å². The fourth-order valence-corrected chi connectivity index (χ4v) is 5.50. The first kappa shape index (κ1) is 25.0. The van der Waals surface area contributed by atoms with Gasteiger partial charge in [-0.1, -0.05) is 43.3 Å². The first-order valence-electron chi connectivity index (χ1n) is 12.5. The van der Waals surface area contributed by atoms with Crippen LogP contribution in [0.2, 0.25) is 0 Å². The van der Waals surface area contributed by atoms with Crippen LogP contribution in [-0.2, 0) is 19.2 Å². The molecule has 2 aromatic heterocycles. The van der Waals surface area contributed by atoms with Gasteiger partial charge in [-0.05, 0) is 23.3 Å². The number of halogens is 1. The summed E-state index contributed by atoms with van der Waals surface area (Å²) in [5, 5.41) is 9.93. The number of aromatic nitrogens is 2. The van der Waals surface area contributed by atoms with E-state index in [9.17, 15) is 9.32 Å². The molecule has 1 unspecified atom stereocenters. The molecule has 198 valence electrons. The molecule has 8 nitrogen and oxygen atoms in total. The van der Waals surface area contributed by atoms with Gasteiger partial charge < -0.3 is 24.3 Å². The van der Waals surface area contributed by atoms with E-state index in [2.05, 4.69) is 14.3 Å². The molecule has 2 saturated heterocycles. The molecule has 4 heterocycles. The van der Waals surface area contributed by atoms with Gasteiger partial charge in [-0.3, -0.25) is 0 Å². The molecule has 2 aromatic carbocycles. The van der Waals surface area contributed by atoms with Crippen LogP contribution in [0.3, 0.4) is 0 Å². The molecule has 6 rings (SSSR count). The summed E-state index contributed by atoms with van der Waals surface area (Å²) in [5.74, 6) is 0.488. The molecule has 2 N–H and O–H groups in total. The van der Waals surface area contributed by atoms with Gasteiger partial charge in [-0.15, -0.1) is 0 Å². The van der Waals surface area contributed by atoms with Crippen molar-refractivity contribution < 1.29 is 27.9 Å². The van der Waals surface area contributed by atoms with Crippen LogP contribution < -0.4 is 4.74 Å². The Bertz CT molecular complexity index is 1600. The fourth-order valence-electron chi connectivity index (χ4n) is 4.80. The largest absolute Gasteiger partial charge is 0.470 e. The van der Waals surface area contributed by atoms with Gasteiger partial charge >= 0.3 is 0 Å². The summed E-state index contributed by atoms with van der Waals surface area (Å²) >= 11 is 0. The summed E-state index contributed by atoms with van der Waals surface area (Å²) in [6, 6.07) is 18.2. The van der Waals surface area contributed by atoms with Crippen LogP contribution in [0.15, 0.2) is 65.0 Å². The number of rotatable bonds is 6. The van der Waals surface area contributed by atoms with Crippen LogP contribution >= 0.6 is 0 Å². The van der Waals surface area contributed by atoms with Crippen molar-refractivity contribution in [1.82, 2.24) is 9.97 Å². The van der Waals surface area contributed by atoms with Crippen LogP contribution in [0, 0.1) is 5.82 Å². The Morgan fingerprint density at radius 1 is 1.05 bits per heavy atom. The lowest BCUT2D eigenvalue weighted by atomic mass is 10.0. The molecule has 10 heteroatoms. The Kier molecular flexibility index (Phi) is 6.43. The zero-order valence-electron chi connectivity index (χ0n) is 21.0. The summed E-state index contributed by atoms with van der Waals surface area (Å²) < 4.78 is 48.9. The third-order valence-corrected chi connectivity index (χ3v) is 8.65. The highest BCUT2D eigenvalue weighted by Gasteiger charge is 2.48. The topological polar surface area (TPSA) is 106 Å². The standard InChI is InChI=1S/C28H28FN3O5S/c1-3-38(2,34)32-19-10-8-17(9-11-19)16-4-6-18(7-5-16)26-20(29)12-21-22(31-26)13-25(30-21)37-24-15-36-27-23(33)14-35-28(24)27/h4-13,23-24,27-28,30,33H,3,14-15H2,1-2H3/t23-,24-,27-,28-,38?/m1/s1. The quantitative estimate of drug-likeness (QED) is 0.370. The maximum atomic E-state index is 15.0. The molecule has 2 aliphatic rings. The minimum Gasteiger partial charge on any atom is -0.470 e. The van der Waals surface area contributed by atoms with Gasteiger partial charge in [-0.2, -0.15) is 4.36 Å². The molecular formula is C28H28FN3O5S. The number of benzene rings is 2. The number of H-pyrrole nitrogens is 1. The SMILES string of the molecule is CCS(C)(=O)=Nc1ccc(-c2ccc(-c3nc4cc(O[C@@H]5CO[C@H]6[C@@H]5OC[C@H]6O)[nH]c4cc3F)cc2)cc1. The van der Waals surface area contributed by atoms with Crippen molar-refractivity contribution in [1.29, 1.82) is 0 Å². The van der Waals surface area contributed by atoms with E-state index >= 15 is 4.39 Å². The zero-order valence-corrected chi connectivity index (χ0v) is 21.8. The normalized spacial score (nSPS) is 24.3. The van der Waals surface area contributed by atoms with Gasteiger partial charge in [0, 0.05) is 39.4 Å². The molecule has 4 aromatic rings. The summed E-state index contributed by atoms with van der Waals surface area (Å²) in [7, 11) is -2.21. The van der Waals surface area contributed by atoms with E-state index in [1.165, 1.54) is 6.07 Å². The van der Waals surface area contributed by atoms with Gasteiger partial charge in [0.1, 0.15) is 24.0 Å². The number of pyridine rings is 1. The third-order valence-electron chi connectivity index (χ3n) is 6.98. The van der Waals surface area contributed by atoms with E-state index in [0.29, 0.717) is 40.5 Å². The monoisotopic (exact) mass is 537 g/mol. The number of hydrogen-bond donors (Lipinski definition) is 2. The van der Waals surface area contributed by atoms with Crippen molar-refractivity contribution >= 4 is 26.4 Å². The highest BCUT2D eigenvalue weighted by Crippen LogP contribution is 2.32. The summed E-state index contributed by atoms with van der Waals surface area (Å²) in [4.78, 5) is 7.61. The minimum atomic E-state index is -2.21. The molecule has 2 fully saturated rings. The minimum absolute atomic E-state index is 0.221. The molecule has 0 bridgehead atoms. The second kappa shape index (κ2) is 9.77. The maximum Gasteiger partial charge on any atom is 0.193 e. The fraction of sp³-hybridized carbons (Fsp3) is 0.321. The second-order valence-corrected chi connectivity index (χ2v) is 12.3. The zero-order chi connectivity index (χ0) is 26.4. The Hall–Kier alpha value is -3.31. The van der Waals surface area contributed by atoms with Crippen LogP contribution in [-0.4, -0.2) is 68.9 Å². The number of hydrogen-bond acceptors (Lipinski definition) is 7. The summed E-state index contributed by atoms with van der Waals surface area (Å²) in [6.45, 7) is 2.38. The number of nitrogens with zero attached hydrogens (tertiary/aromatic N) is 2. The van der Waals surface area contributed by atoms with Gasteiger partial charge in [0.15, 0.2) is 17.8 Å². The molecular weight excluding hydrogens is 509 g/mol. The first-order valence-corrected chi connectivity index (χ1v) is 14.6. The predicted octanol–water partition coefficient (Wildman–Crippen LogP) is 4.69. The van der Waals surface area contributed by atoms with E-state index in [1.54, 1.807) is 12.3 Å².